The third-order valence-electron chi connectivity index (χ3n) is 3.16. The van der Waals surface area contributed by atoms with E-state index in [1.165, 1.54) is 0 Å². The lowest BCUT2D eigenvalue weighted by Crippen LogP contribution is -2.14. The van der Waals surface area contributed by atoms with Gasteiger partial charge < -0.3 is 26.4 Å². The number of aromatic nitrogens is 4. The predicted molar refractivity (Wildman–Crippen MR) is 105 cm³/mol. The number of nitrogens with zero attached hydrogens (tertiary/aromatic N) is 4. The van der Waals surface area contributed by atoms with Crippen LogP contribution in [0.25, 0.3) is 11.0 Å². The molecule has 2 rings (SSSR count). The molecule has 0 unspecified atom stereocenters. The van der Waals surface area contributed by atoms with Crippen molar-refractivity contribution in [2.24, 2.45) is 0 Å². The van der Waals surface area contributed by atoms with E-state index in [0.29, 0.717) is 47.7 Å². The maximum absolute atomic E-state index is 8.99. The van der Waals surface area contributed by atoms with Gasteiger partial charge in [0.2, 0.25) is 11.9 Å². The van der Waals surface area contributed by atoms with E-state index in [-0.39, 0.29) is 19.0 Å². The van der Waals surface area contributed by atoms with E-state index in [2.05, 4.69) is 48.1 Å². The molecule has 0 amide bonds. The van der Waals surface area contributed by atoms with Crippen LogP contribution in [0.5, 0.6) is 0 Å². The van der Waals surface area contributed by atoms with Gasteiger partial charge in [0.15, 0.2) is 11.6 Å². The molecule has 2 heterocycles. The Balaban J connectivity index is 0.00000312. The van der Waals surface area contributed by atoms with E-state index in [0.717, 1.165) is 19.5 Å². The van der Waals surface area contributed by atoms with Crippen molar-refractivity contribution < 1.29 is 5.11 Å². The molecule has 0 saturated heterocycles. The minimum atomic E-state index is 0. The van der Waals surface area contributed by atoms with Gasteiger partial charge in [-0.15, -0.1) is 12.4 Å². The fourth-order valence-electron chi connectivity index (χ4n) is 2.16. The number of halogens is 1. The van der Waals surface area contributed by atoms with E-state index in [4.69, 9.17) is 5.11 Å². The third-order valence-corrected chi connectivity index (χ3v) is 3.16. The van der Waals surface area contributed by atoms with Crippen LogP contribution in [0.2, 0.25) is 0 Å². The van der Waals surface area contributed by atoms with Crippen LogP contribution in [-0.2, 0) is 0 Å². The van der Waals surface area contributed by atoms with Crippen LogP contribution < -0.4 is 21.3 Å². The van der Waals surface area contributed by atoms with Gasteiger partial charge in [0.25, 0.3) is 0 Å². The summed E-state index contributed by atoms with van der Waals surface area (Å²) in [6.07, 6.45) is 0.985. The van der Waals surface area contributed by atoms with Crippen molar-refractivity contribution >= 4 is 47.0 Å². The largest absolute Gasteiger partial charge is 0.395 e. The highest BCUT2D eigenvalue weighted by atomic mass is 35.5. The molecule has 25 heavy (non-hydrogen) atoms. The molecular formula is C15H27ClN8O. The Morgan fingerprint density at radius 2 is 1.20 bits per heavy atom. The number of hydrogen-bond acceptors (Lipinski definition) is 9. The molecule has 0 aliphatic carbocycles. The first-order valence-corrected chi connectivity index (χ1v) is 8.39. The van der Waals surface area contributed by atoms with Crippen LogP contribution in [0, 0.1) is 0 Å². The van der Waals surface area contributed by atoms with E-state index in [1.54, 1.807) is 0 Å². The first-order chi connectivity index (χ1) is 11.7. The Morgan fingerprint density at radius 1 is 0.720 bits per heavy atom. The fourth-order valence-corrected chi connectivity index (χ4v) is 2.16. The van der Waals surface area contributed by atoms with Crippen LogP contribution >= 0.6 is 12.4 Å². The maximum Gasteiger partial charge on any atom is 0.225 e. The van der Waals surface area contributed by atoms with E-state index in [1.807, 2.05) is 13.8 Å². The second-order valence-corrected chi connectivity index (χ2v) is 5.13. The maximum atomic E-state index is 8.99. The molecule has 0 fully saturated rings. The van der Waals surface area contributed by atoms with Gasteiger partial charge >= 0.3 is 0 Å². The average molecular weight is 371 g/mol. The summed E-state index contributed by atoms with van der Waals surface area (Å²) in [7, 11) is 0. The smallest absolute Gasteiger partial charge is 0.225 e. The van der Waals surface area contributed by atoms with E-state index >= 15 is 0 Å². The van der Waals surface area contributed by atoms with Crippen LogP contribution in [0.1, 0.15) is 27.2 Å². The Labute approximate surface area is 153 Å². The lowest BCUT2D eigenvalue weighted by atomic mass is 10.3. The highest BCUT2D eigenvalue weighted by Gasteiger charge is 2.15. The van der Waals surface area contributed by atoms with Crippen molar-refractivity contribution in [2.45, 2.75) is 27.2 Å². The van der Waals surface area contributed by atoms with Gasteiger partial charge in [0.1, 0.15) is 11.0 Å². The minimum absolute atomic E-state index is 0. The summed E-state index contributed by atoms with van der Waals surface area (Å²) < 4.78 is 0. The van der Waals surface area contributed by atoms with Gasteiger partial charge in [-0.1, -0.05) is 6.92 Å². The summed E-state index contributed by atoms with van der Waals surface area (Å²) >= 11 is 0. The first kappa shape index (κ1) is 20.9. The number of fused-ring (bicyclic) bond motifs is 1. The molecule has 10 heteroatoms. The van der Waals surface area contributed by atoms with Gasteiger partial charge in [-0.05, 0) is 20.3 Å². The zero-order valence-electron chi connectivity index (χ0n) is 14.9. The number of aliphatic hydroxyl groups excluding tert-OH is 1. The van der Waals surface area contributed by atoms with Gasteiger partial charge in [0.05, 0.1) is 6.61 Å². The Bertz CT molecular complexity index is 612. The molecule has 0 aromatic carbocycles. The number of anilines is 4. The molecular weight excluding hydrogens is 344 g/mol. The average Bonchev–Trinajstić information content (AvgIpc) is 2.59. The molecule has 0 bridgehead atoms. The molecule has 2 aromatic heterocycles. The summed E-state index contributed by atoms with van der Waals surface area (Å²) in [6.45, 7) is 8.71. The Hall–Kier alpha value is -2.13. The van der Waals surface area contributed by atoms with Crippen LogP contribution in [0.3, 0.4) is 0 Å². The highest BCUT2D eigenvalue weighted by molar-refractivity contribution is 5.94. The number of hydrogen-bond donors (Lipinski definition) is 5. The van der Waals surface area contributed by atoms with Crippen molar-refractivity contribution in [1.82, 2.24) is 19.9 Å². The summed E-state index contributed by atoms with van der Waals surface area (Å²) in [6, 6.07) is 0. The number of nitrogens with one attached hydrogen (secondary N) is 4. The Kier molecular flexibility index (Phi) is 8.93. The second kappa shape index (κ2) is 10.7. The van der Waals surface area contributed by atoms with E-state index in [9.17, 15) is 0 Å². The van der Waals surface area contributed by atoms with Crippen LogP contribution in [0.4, 0.5) is 23.5 Å². The van der Waals surface area contributed by atoms with Gasteiger partial charge in [0, 0.05) is 26.2 Å². The molecule has 5 N–H and O–H groups in total. The summed E-state index contributed by atoms with van der Waals surface area (Å²) in [5.41, 5.74) is 1.31. The van der Waals surface area contributed by atoms with Crippen molar-refractivity contribution in [3.8, 4) is 0 Å². The van der Waals surface area contributed by atoms with Crippen molar-refractivity contribution in [1.29, 1.82) is 0 Å². The lowest BCUT2D eigenvalue weighted by Gasteiger charge is -2.14. The SMILES string of the molecule is CCCNc1nc(NCC)c2nc(NCCO)nc(NCC)c2n1.Cl. The molecule has 9 nitrogen and oxygen atoms in total. The standard InChI is InChI=1S/C15H26N8O.ClH/c1-4-7-18-14-20-10-11(12(22-14)16-5-2)21-15(19-8-9-24)23-13(10)17-6-3;/h24H,4-9H2,1-3H3,(H2,16,18,20,22)(H2,17,19,21,23);1H. The molecule has 0 aliphatic heterocycles. The zero-order valence-corrected chi connectivity index (χ0v) is 15.7. The van der Waals surface area contributed by atoms with Gasteiger partial charge in [-0.25, -0.2) is 9.97 Å². The van der Waals surface area contributed by atoms with Gasteiger partial charge in [-0.3, -0.25) is 0 Å². The summed E-state index contributed by atoms with van der Waals surface area (Å²) in [5, 5.41) is 21.6. The third kappa shape index (κ3) is 5.43. The predicted octanol–water partition coefficient (Wildman–Crippen LogP) is 1.93. The topological polar surface area (TPSA) is 120 Å². The molecule has 0 aliphatic rings. The normalized spacial score (nSPS) is 10.2. The highest BCUT2D eigenvalue weighted by Crippen LogP contribution is 2.26. The molecule has 0 saturated carbocycles. The van der Waals surface area contributed by atoms with Crippen molar-refractivity contribution in [2.75, 3.05) is 54.1 Å². The molecule has 0 atom stereocenters. The Morgan fingerprint density at radius 3 is 1.60 bits per heavy atom. The fraction of sp³-hybridized carbons (Fsp3) is 0.600. The molecule has 0 radical (unpaired) electrons. The first-order valence-electron chi connectivity index (χ1n) is 8.39. The van der Waals surface area contributed by atoms with E-state index < -0.39 is 0 Å². The van der Waals surface area contributed by atoms with Crippen LogP contribution in [0.15, 0.2) is 0 Å². The molecule has 140 valence electrons. The summed E-state index contributed by atoms with van der Waals surface area (Å²) in [5.74, 6) is 2.29. The second-order valence-electron chi connectivity index (χ2n) is 5.13. The van der Waals surface area contributed by atoms with Crippen LogP contribution in [-0.4, -0.2) is 57.8 Å². The quantitative estimate of drug-likeness (QED) is 0.427. The molecule has 0 spiro atoms. The number of rotatable bonds is 10. The van der Waals surface area contributed by atoms with Crippen molar-refractivity contribution in [3.63, 3.8) is 0 Å². The zero-order chi connectivity index (χ0) is 17.4. The lowest BCUT2D eigenvalue weighted by molar-refractivity contribution is 0.311. The monoisotopic (exact) mass is 370 g/mol. The van der Waals surface area contributed by atoms with Crippen molar-refractivity contribution in [3.05, 3.63) is 0 Å². The minimum Gasteiger partial charge on any atom is -0.395 e. The van der Waals surface area contributed by atoms with Gasteiger partial charge in [-0.2, -0.15) is 9.97 Å². The number of aliphatic hydroxyl groups is 1. The molecule has 2 aromatic rings. The summed E-state index contributed by atoms with van der Waals surface area (Å²) in [4.78, 5) is 18.1.